The zero-order valence-corrected chi connectivity index (χ0v) is 18.2. The van der Waals surface area contributed by atoms with Crippen molar-refractivity contribution < 1.29 is 22.3 Å². The normalized spacial score (nSPS) is 18.0. The molecule has 174 valence electrons. The summed E-state index contributed by atoms with van der Waals surface area (Å²) < 4.78 is 58.3. The molecule has 32 heavy (non-hydrogen) atoms. The second-order valence-corrected chi connectivity index (χ2v) is 7.61. The molecule has 2 aromatic rings. The number of guanidine groups is 1. The van der Waals surface area contributed by atoms with Gasteiger partial charge in [-0.3, -0.25) is 4.90 Å². The van der Waals surface area contributed by atoms with E-state index in [1.807, 2.05) is 0 Å². The average Bonchev–Trinajstić information content (AvgIpc) is 2.71. The minimum absolute atomic E-state index is 0.00460. The Balaban J connectivity index is 1.77. The number of piperidine rings is 1. The van der Waals surface area contributed by atoms with Crippen LogP contribution in [-0.2, 0) is 6.18 Å². The standard InChI is InChI=1S/C21H26F4N6O/c1-4-31-9-5-6-15(12-31)32-18-10-13(2)27-20(28-18)29-19(26)30(3)14-7-8-16(17(22)11-14)21(23,24)25/h7-8,10-11,15H,4-6,9,12H2,1-3H3,(H2,26,27,28,29). The van der Waals surface area contributed by atoms with Gasteiger partial charge in [-0.1, -0.05) is 6.92 Å². The van der Waals surface area contributed by atoms with Gasteiger partial charge in [-0.25, -0.2) is 9.37 Å². The summed E-state index contributed by atoms with van der Waals surface area (Å²) in [6, 6.07) is 4.23. The number of hydrogen-bond donors (Lipinski definition) is 1. The molecular weight excluding hydrogens is 428 g/mol. The number of nitrogens with zero attached hydrogens (tertiary/aromatic N) is 5. The third-order valence-electron chi connectivity index (χ3n) is 5.22. The first kappa shape index (κ1) is 23.7. The number of benzene rings is 1. The Hall–Kier alpha value is -2.95. The van der Waals surface area contributed by atoms with Crippen molar-refractivity contribution in [3.05, 3.63) is 41.3 Å². The molecule has 1 atom stereocenters. The third-order valence-corrected chi connectivity index (χ3v) is 5.22. The van der Waals surface area contributed by atoms with Gasteiger partial charge in [-0.05, 0) is 51.1 Å². The number of aliphatic imine (C=N–C) groups is 1. The van der Waals surface area contributed by atoms with Crippen LogP contribution in [0, 0.1) is 12.7 Å². The molecule has 2 N–H and O–H groups in total. The Bertz CT molecular complexity index is 981. The van der Waals surface area contributed by atoms with Crippen molar-refractivity contribution in [2.24, 2.45) is 10.7 Å². The van der Waals surface area contributed by atoms with Crippen molar-refractivity contribution in [1.82, 2.24) is 14.9 Å². The van der Waals surface area contributed by atoms with Gasteiger partial charge < -0.3 is 15.4 Å². The number of anilines is 1. The number of likely N-dealkylation sites (N-methyl/N-ethyl adjacent to an activating group) is 1. The second-order valence-electron chi connectivity index (χ2n) is 7.61. The summed E-state index contributed by atoms with van der Waals surface area (Å²) in [5, 5.41) is 0. The molecule has 0 radical (unpaired) electrons. The van der Waals surface area contributed by atoms with Crippen LogP contribution in [0.15, 0.2) is 29.3 Å². The van der Waals surface area contributed by atoms with Crippen LogP contribution in [0.25, 0.3) is 0 Å². The Morgan fingerprint density at radius 3 is 2.72 bits per heavy atom. The molecule has 0 spiro atoms. The van der Waals surface area contributed by atoms with Crippen LogP contribution in [0.1, 0.15) is 31.0 Å². The molecule has 3 rings (SSSR count). The van der Waals surface area contributed by atoms with Gasteiger partial charge >= 0.3 is 6.18 Å². The van der Waals surface area contributed by atoms with Crippen LogP contribution in [0.3, 0.4) is 0 Å². The second kappa shape index (κ2) is 9.68. The molecule has 1 aromatic carbocycles. The summed E-state index contributed by atoms with van der Waals surface area (Å²) in [5.74, 6) is -1.10. The highest BCUT2D eigenvalue weighted by Gasteiger charge is 2.34. The predicted octanol–water partition coefficient (Wildman–Crippen LogP) is 3.89. The van der Waals surface area contributed by atoms with Crippen molar-refractivity contribution in [2.75, 3.05) is 31.6 Å². The molecule has 0 bridgehead atoms. The number of rotatable bonds is 5. The van der Waals surface area contributed by atoms with Crippen LogP contribution in [-0.4, -0.2) is 53.6 Å². The smallest absolute Gasteiger partial charge is 0.419 e. The molecule has 11 heteroatoms. The van der Waals surface area contributed by atoms with Crippen LogP contribution < -0.4 is 15.4 Å². The van der Waals surface area contributed by atoms with Gasteiger partial charge in [0.1, 0.15) is 11.9 Å². The molecule has 0 saturated carbocycles. The topological polar surface area (TPSA) is 79.9 Å². The molecule has 7 nitrogen and oxygen atoms in total. The Kier molecular flexibility index (Phi) is 7.17. The van der Waals surface area contributed by atoms with E-state index < -0.39 is 17.6 Å². The fraction of sp³-hybridized carbons (Fsp3) is 0.476. The van der Waals surface area contributed by atoms with E-state index in [1.165, 1.54) is 11.9 Å². The SMILES string of the molecule is CCN1CCCC(Oc2cc(C)nc(N=C(N)N(C)c3ccc(C(F)(F)F)c(F)c3)n2)C1. The number of halogens is 4. The number of aromatic nitrogens is 2. The fourth-order valence-electron chi connectivity index (χ4n) is 3.45. The number of alkyl halides is 3. The molecule has 0 amide bonds. The van der Waals surface area contributed by atoms with Crippen molar-refractivity contribution in [2.45, 2.75) is 39.0 Å². The fourth-order valence-corrected chi connectivity index (χ4v) is 3.45. The summed E-state index contributed by atoms with van der Waals surface area (Å²) in [4.78, 5) is 16.2. The Morgan fingerprint density at radius 1 is 1.31 bits per heavy atom. The molecule has 1 saturated heterocycles. The Labute approximate surface area is 183 Å². The summed E-state index contributed by atoms with van der Waals surface area (Å²) in [7, 11) is 1.45. The maximum atomic E-state index is 13.9. The first-order chi connectivity index (χ1) is 15.1. The lowest BCUT2D eigenvalue weighted by Gasteiger charge is -2.31. The maximum absolute atomic E-state index is 13.9. The van der Waals surface area contributed by atoms with Crippen molar-refractivity contribution in [3.8, 4) is 5.88 Å². The lowest BCUT2D eigenvalue weighted by Crippen LogP contribution is -2.41. The van der Waals surface area contributed by atoms with E-state index in [1.54, 1.807) is 13.0 Å². The highest BCUT2D eigenvalue weighted by atomic mass is 19.4. The maximum Gasteiger partial charge on any atom is 0.419 e. The van der Waals surface area contributed by atoms with Crippen LogP contribution in [0.2, 0.25) is 0 Å². The van der Waals surface area contributed by atoms with Crippen LogP contribution in [0.5, 0.6) is 5.88 Å². The number of likely N-dealkylation sites (tertiary alicyclic amines) is 1. The number of aryl methyl sites for hydroxylation is 1. The zero-order valence-electron chi connectivity index (χ0n) is 18.2. The number of nitrogens with two attached hydrogens (primary N) is 1. The van der Waals surface area contributed by atoms with Gasteiger partial charge in [-0.2, -0.15) is 23.1 Å². The van der Waals surface area contributed by atoms with Crippen molar-refractivity contribution >= 4 is 17.6 Å². The first-order valence-corrected chi connectivity index (χ1v) is 10.3. The highest BCUT2D eigenvalue weighted by molar-refractivity contribution is 5.95. The van der Waals surface area contributed by atoms with Gasteiger partial charge in [0.05, 0.1) is 5.56 Å². The van der Waals surface area contributed by atoms with Crippen molar-refractivity contribution in [3.63, 3.8) is 0 Å². The highest BCUT2D eigenvalue weighted by Crippen LogP contribution is 2.33. The molecule has 1 aromatic heterocycles. The number of ether oxygens (including phenoxy) is 1. The quantitative estimate of drug-likeness (QED) is 0.420. The van der Waals surface area contributed by atoms with Gasteiger partial charge in [0.15, 0.2) is 0 Å². The van der Waals surface area contributed by atoms with Crippen molar-refractivity contribution in [1.29, 1.82) is 0 Å². The first-order valence-electron chi connectivity index (χ1n) is 10.3. The van der Waals surface area contributed by atoms with E-state index in [4.69, 9.17) is 10.5 Å². The molecule has 1 aliphatic heterocycles. The number of hydrogen-bond acceptors (Lipinski definition) is 5. The van der Waals surface area contributed by atoms with E-state index in [-0.39, 0.29) is 23.7 Å². The summed E-state index contributed by atoms with van der Waals surface area (Å²) >= 11 is 0. The minimum Gasteiger partial charge on any atom is -0.473 e. The molecule has 1 unspecified atom stereocenters. The van der Waals surface area contributed by atoms with Crippen LogP contribution >= 0.6 is 0 Å². The summed E-state index contributed by atoms with van der Waals surface area (Å²) in [6.07, 6.45) is -2.82. The van der Waals surface area contributed by atoms with E-state index in [0.29, 0.717) is 17.6 Å². The largest absolute Gasteiger partial charge is 0.473 e. The zero-order chi connectivity index (χ0) is 23.5. The van der Waals surface area contributed by atoms with E-state index in [0.717, 1.165) is 44.6 Å². The van der Waals surface area contributed by atoms with Gasteiger partial charge in [0.25, 0.3) is 5.95 Å². The van der Waals surface area contributed by atoms with Gasteiger partial charge in [0, 0.05) is 31.0 Å². The lowest BCUT2D eigenvalue weighted by molar-refractivity contribution is -0.139. The molecular formula is C21H26F4N6O. The van der Waals surface area contributed by atoms with E-state index in [2.05, 4.69) is 26.8 Å². The minimum atomic E-state index is -4.78. The lowest BCUT2D eigenvalue weighted by atomic mass is 10.1. The Morgan fingerprint density at radius 2 is 2.06 bits per heavy atom. The van der Waals surface area contributed by atoms with Gasteiger partial charge in [0.2, 0.25) is 11.8 Å². The third kappa shape index (κ3) is 5.84. The van der Waals surface area contributed by atoms with Crippen LogP contribution in [0.4, 0.5) is 29.2 Å². The molecule has 2 heterocycles. The average molecular weight is 454 g/mol. The summed E-state index contributed by atoms with van der Waals surface area (Å²) in [6.45, 7) is 6.67. The molecule has 1 fully saturated rings. The molecule has 1 aliphatic rings. The van der Waals surface area contributed by atoms with E-state index >= 15 is 0 Å². The van der Waals surface area contributed by atoms with E-state index in [9.17, 15) is 17.6 Å². The van der Waals surface area contributed by atoms with Gasteiger partial charge in [-0.15, -0.1) is 0 Å². The predicted molar refractivity (Wildman–Crippen MR) is 114 cm³/mol. The monoisotopic (exact) mass is 454 g/mol. The summed E-state index contributed by atoms with van der Waals surface area (Å²) in [5.41, 5.74) is 5.35. The molecule has 0 aliphatic carbocycles.